The number of rotatable bonds is 2. The summed E-state index contributed by atoms with van der Waals surface area (Å²) in [6, 6.07) is 5.82. The molecule has 1 N–H and O–H groups in total. The summed E-state index contributed by atoms with van der Waals surface area (Å²) >= 11 is 9.69. The van der Waals surface area contributed by atoms with E-state index in [1.54, 1.807) is 0 Å². The summed E-state index contributed by atoms with van der Waals surface area (Å²) in [5, 5.41) is 4.18. The fourth-order valence-corrected chi connectivity index (χ4v) is 3.19. The first-order valence-electron chi connectivity index (χ1n) is 6.44. The fourth-order valence-electron chi connectivity index (χ4n) is 2.58. The van der Waals surface area contributed by atoms with Gasteiger partial charge in [-0.2, -0.15) is 0 Å². The summed E-state index contributed by atoms with van der Waals surface area (Å²) in [7, 11) is 0. The number of halogens is 2. The van der Waals surface area contributed by atoms with Crippen LogP contribution in [-0.2, 0) is 0 Å². The van der Waals surface area contributed by atoms with E-state index in [0.29, 0.717) is 5.92 Å². The highest BCUT2D eigenvalue weighted by molar-refractivity contribution is 9.10. The van der Waals surface area contributed by atoms with Gasteiger partial charge in [0, 0.05) is 33.8 Å². The maximum Gasteiger partial charge on any atom is 0.0994 e. The minimum Gasteiger partial charge on any atom is -0.316 e. The van der Waals surface area contributed by atoms with Crippen molar-refractivity contribution in [2.24, 2.45) is 0 Å². The average molecular weight is 341 g/mol. The minimum atomic E-state index is 0.516. The van der Waals surface area contributed by atoms with Gasteiger partial charge in [0.1, 0.15) is 0 Å². The van der Waals surface area contributed by atoms with Crippen molar-refractivity contribution in [3.05, 3.63) is 45.9 Å². The molecule has 0 bridgehead atoms. The third kappa shape index (κ3) is 2.71. The summed E-state index contributed by atoms with van der Waals surface area (Å²) in [6.45, 7) is 2.13. The molecule has 0 amide bonds. The smallest absolute Gasteiger partial charge is 0.0994 e. The van der Waals surface area contributed by atoms with E-state index in [0.717, 1.165) is 28.3 Å². The van der Waals surface area contributed by atoms with Crippen LogP contribution in [0.2, 0.25) is 5.02 Å². The highest BCUT2D eigenvalue weighted by Crippen LogP contribution is 2.30. The Balaban J connectivity index is 2.01. The number of benzene rings is 1. The minimum absolute atomic E-state index is 0.516. The topological polar surface area (TPSA) is 29.9 Å². The molecule has 1 atom stereocenters. The van der Waals surface area contributed by atoms with E-state index in [1.807, 2.05) is 30.7 Å². The summed E-state index contributed by atoms with van der Waals surface area (Å²) in [6.07, 6.45) is 6.24. The number of imidazole rings is 1. The lowest BCUT2D eigenvalue weighted by atomic mass is 9.96. The molecule has 1 aliphatic heterocycles. The Labute approximate surface area is 126 Å². The van der Waals surface area contributed by atoms with Crippen molar-refractivity contribution < 1.29 is 0 Å². The number of nitrogens with one attached hydrogen (secondary N) is 1. The molecule has 0 aliphatic carbocycles. The Bertz CT molecular complexity index is 576. The predicted octanol–water partition coefficient (Wildman–Crippen LogP) is 3.76. The molecule has 3 rings (SSSR count). The van der Waals surface area contributed by atoms with Crippen molar-refractivity contribution in [3.8, 4) is 5.69 Å². The molecule has 0 saturated carbocycles. The van der Waals surface area contributed by atoms with E-state index in [2.05, 4.69) is 30.8 Å². The molecule has 1 fully saturated rings. The standard InChI is InChI=1S/C14H15BrClN3/c15-12-4-3-11(16)6-13(12)19-9-18-8-14(19)10-2-1-5-17-7-10/h3-4,6,8-10,17H,1-2,5,7H2. The van der Waals surface area contributed by atoms with Crippen molar-refractivity contribution in [2.45, 2.75) is 18.8 Å². The van der Waals surface area contributed by atoms with E-state index in [-0.39, 0.29) is 0 Å². The van der Waals surface area contributed by atoms with Crippen molar-refractivity contribution in [3.63, 3.8) is 0 Å². The third-order valence-electron chi connectivity index (χ3n) is 3.55. The summed E-state index contributed by atoms with van der Waals surface area (Å²) in [5.41, 5.74) is 2.29. The first-order valence-corrected chi connectivity index (χ1v) is 7.61. The molecular weight excluding hydrogens is 326 g/mol. The van der Waals surface area contributed by atoms with Gasteiger partial charge in [0.2, 0.25) is 0 Å². The lowest BCUT2D eigenvalue weighted by molar-refractivity contribution is 0.451. The van der Waals surface area contributed by atoms with Gasteiger partial charge in [-0.05, 0) is 53.5 Å². The third-order valence-corrected chi connectivity index (χ3v) is 4.46. The summed E-state index contributed by atoms with van der Waals surface area (Å²) in [4.78, 5) is 4.32. The average Bonchev–Trinajstić information content (AvgIpc) is 2.91. The van der Waals surface area contributed by atoms with Crippen molar-refractivity contribution >= 4 is 27.5 Å². The Morgan fingerprint density at radius 3 is 3.11 bits per heavy atom. The SMILES string of the molecule is Clc1ccc(Br)c(-n2cncc2C2CCCNC2)c1. The molecule has 100 valence electrons. The highest BCUT2D eigenvalue weighted by Gasteiger charge is 2.20. The van der Waals surface area contributed by atoms with Crippen LogP contribution in [0.3, 0.4) is 0 Å². The van der Waals surface area contributed by atoms with Crippen LogP contribution in [0.5, 0.6) is 0 Å². The molecule has 3 nitrogen and oxygen atoms in total. The lowest BCUT2D eigenvalue weighted by Gasteiger charge is -2.24. The molecule has 1 aromatic carbocycles. The van der Waals surface area contributed by atoms with Gasteiger partial charge in [-0.3, -0.25) is 0 Å². The molecular formula is C14H15BrClN3. The van der Waals surface area contributed by atoms with Crippen LogP contribution < -0.4 is 5.32 Å². The molecule has 19 heavy (non-hydrogen) atoms. The number of piperidine rings is 1. The molecule has 1 saturated heterocycles. The lowest BCUT2D eigenvalue weighted by Crippen LogP contribution is -2.29. The van der Waals surface area contributed by atoms with E-state index in [4.69, 9.17) is 11.6 Å². The number of nitrogens with zero attached hydrogens (tertiary/aromatic N) is 2. The molecule has 0 spiro atoms. The maximum absolute atomic E-state index is 6.10. The predicted molar refractivity (Wildman–Crippen MR) is 81.1 cm³/mol. The summed E-state index contributed by atoms with van der Waals surface area (Å²) in [5.74, 6) is 0.516. The Morgan fingerprint density at radius 1 is 1.42 bits per heavy atom. The fraction of sp³-hybridized carbons (Fsp3) is 0.357. The van der Waals surface area contributed by atoms with E-state index in [9.17, 15) is 0 Å². The second-order valence-corrected chi connectivity index (χ2v) is 6.12. The quantitative estimate of drug-likeness (QED) is 0.902. The molecule has 5 heteroatoms. The molecule has 1 aliphatic rings. The second-order valence-electron chi connectivity index (χ2n) is 4.83. The Morgan fingerprint density at radius 2 is 2.32 bits per heavy atom. The van der Waals surface area contributed by atoms with Crippen LogP contribution in [0.1, 0.15) is 24.5 Å². The zero-order valence-electron chi connectivity index (χ0n) is 10.4. The molecule has 0 radical (unpaired) electrons. The second kappa shape index (κ2) is 5.65. The van der Waals surface area contributed by atoms with Crippen LogP contribution >= 0.6 is 27.5 Å². The van der Waals surface area contributed by atoms with Gasteiger partial charge in [-0.25, -0.2) is 4.98 Å². The molecule has 2 aromatic rings. The molecule has 1 unspecified atom stereocenters. The monoisotopic (exact) mass is 339 g/mol. The van der Waals surface area contributed by atoms with E-state index in [1.165, 1.54) is 18.5 Å². The maximum atomic E-state index is 6.10. The van der Waals surface area contributed by atoms with Crippen molar-refractivity contribution in [1.82, 2.24) is 14.9 Å². The normalized spacial score (nSPS) is 19.6. The summed E-state index contributed by atoms with van der Waals surface area (Å²) < 4.78 is 3.16. The number of hydrogen-bond donors (Lipinski definition) is 1. The van der Waals surface area contributed by atoms with Gasteiger partial charge < -0.3 is 9.88 Å². The number of aromatic nitrogens is 2. The van der Waals surface area contributed by atoms with Crippen LogP contribution in [0, 0.1) is 0 Å². The van der Waals surface area contributed by atoms with Crippen LogP contribution in [0.15, 0.2) is 35.2 Å². The first-order chi connectivity index (χ1) is 9.25. The zero-order chi connectivity index (χ0) is 13.2. The van der Waals surface area contributed by atoms with Gasteiger partial charge in [-0.1, -0.05) is 11.6 Å². The van der Waals surface area contributed by atoms with Crippen LogP contribution in [-0.4, -0.2) is 22.6 Å². The Kier molecular flexibility index (Phi) is 3.91. The van der Waals surface area contributed by atoms with E-state index < -0.39 is 0 Å². The van der Waals surface area contributed by atoms with Crippen molar-refractivity contribution in [2.75, 3.05) is 13.1 Å². The highest BCUT2D eigenvalue weighted by atomic mass is 79.9. The van der Waals surface area contributed by atoms with Gasteiger partial charge in [-0.15, -0.1) is 0 Å². The van der Waals surface area contributed by atoms with Gasteiger partial charge in [0.15, 0.2) is 0 Å². The first kappa shape index (κ1) is 13.2. The van der Waals surface area contributed by atoms with Crippen molar-refractivity contribution in [1.29, 1.82) is 0 Å². The number of hydrogen-bond acceptors (Lipinski definition) is 2. The van der Waals surface area contributed by atoms with Gasteiger partial charge >= 0.3 is 0 Å². The zero-order valence-corrected chi connectivity index (χ0v) is 12.8. The van der Waals surface area contributed by atoms with Gasteiger partial charge in [0.25, 0.3) is 0 Å². The van der Waals surface area contributed by atoms with Gasteiger partial charge in [0.05, 0.1) is 12.0 Å². The van der Waals surface area contributed by atoms with E-state index >= 15 is 0 Å². The largest absolute Gasteiger partial charge is 0.316 e. The molecule has 2 heterocycles. The van der Waals surface area contributed by atoms with Crippen LogP contribution in [0.25, 0.3) is 5.69 Å². The Hall–Kier alpha value is -0.840. The van der Waals surface area contributed by atoms with Crippen LogP contribution in [0.4, 0.5) is 0 Å². The molecule has 1 aromatic heterocycles.